The molecule has 0 bridgehead atoms. The molecule has 0 radical (unpaired) electrons. The Hall–Kier alpha value is -4.70. The number of nitrogens with zero attached hydrogens (tertiary/aromatic N) is 4. The first-order valence-corrected chi connectivity index (χ1v) is 23.9. The third-order valence-electron chi connectivity index (χ3n) is 12.0. The molecule has 0 spiro atoms. The summed E-state index contributed by atoms with van der Waals surface area (Å²) in [6, 6.07) is 19.9. The highest BCUT2D eigenvalue weighted by atomic mass is 35.5. The molecule has 2 aliphatic heterocycles. The smallest absolute Gasteiger partial charge is 0.410 e. The summed E-state index contributed by atoms with van der Waals surface area (Å²) in [6.07, 6.45) is 4.08. The van der Waals surface area contributed by atoms with E-state index in [0.29, 0.717) is 99.8 Å². The number of nitrogens with one attached hydrogen (secondary N) is 1. The molecule has 3 heterocycles. The largest absolute Gasteiger partial charge is 0.457 e. The van der Waals surface area contributed by atoms with E-state index in [1.54, 1.807) is 15.9 Å². The van der Waals surface area contributed by atoms with Crippen molar-refractivity contribution in [2.75, 3.05) is 52.7 Å². The minimum absolute atomic E-state index is 0.0279. The number of aryl methyl sites for hydroxylation is 1. The molecule has 2 saturated heterocycles. The summed E-state index contributed by atoms with van der Waals surface area (Å²) in [5.74, 6) is 0.987. The van der Waals surface area contributed by atoms with E-state index in [4.69, 9.17) is 51.6 Å². The number of aromatic nitrogens is 2. The van der Waals surface area contributed by atoms with Crippen LogP contribution in [0, 0.1) is 5.92 Å². The minimum Gasteiger partial charge on any atom is -0.457 e. The fraction of sp³-hybridized carbons (Fsp3) is 0.529. The molecule has 1 N–H and O–H groups in total. The minimum atomic E-state index is -1.05. The lowest BCUT2D eigenvalue weighted by Gasteiger charge is -2.44. The first-order valence-electron chi connectivity index (χ1n) is 23.2. The van der Waals surface area contributed by atoms with Gasteiger partial charge in [0.15, 0.2) is 0 Å². The Morgan fingerprint density at radius 1 is 0.940 bits per heavy atom. The molecule has 0 saturated carbocycles. The number of likely N-dealkylation sites (tertiary alicyclic amines) is 1. The second-order valence-corrected chi connectivity index (χ2v) is 19.7. The number of carbonyl (C=O) groups excluding carboxylic acids is 3. The average Bonchev–Trinajstić information content (AvgIpc) is 3.81. The molecule has 3 aromatic carbocycles. The number of benzene rings is 3. The van der Waals surface area contributed by atoms with Crippen LogP contribution in [0.2, 0.25) is 10.0 Å². The summed E-state index contributed by atoms with van der Waals surface area (Å²) in [6.45, 7) is 16.8. The average molecular weight is 965 g/mol. The highest BCUT2D eigenvalue weighted by Crippen LogP contribution is 2.35. The van der Waals surface area contributed by atoms with E-state index in [1.165, 1.54) is 0 Å². The van der Waals surface area contributed by atoms with Crippen molar-refractivity contribution in [1.29, 1.82) is 0 Å². The lowest BCUT2D eigenvalue weighted by atomic mass is 9.82. The fourth-order valence-electron chi connectivity index (χ4n) is 8.54. The van der Waals surface area contributed by atoms with Crippen molar-refractivity contribution in [2.24, 2.45) is 13.0 Å². The van der Waals surface area contributed by atoms with Crippen molar-refractivity contribution >= 4 is 41.1 Å². The van der Waals surface area contributed by atoms with E-state index < -0.39 is 34.9 Å². The van der Waals surface area contributed by atoms with E-state index in [0.717, 1.165) is 28.2 Å². The molecule has 14 nitrogen and oxygen atoms in total. The van der Waals surface area contributed by atoms with Crippen LogP contribution in [-0.4, -0.2) is 113 Å². The van der Waals surface area contributed by atoms with Crippen molar-refractivity contribution in [3.63, 3.8) is 0 Å². The number of hydrogen-bond donors (Lipinski definition) is 1. The lowest BCUT2D eigenvalue weighted by molar-refractivity contribution is -0.153. The van der Waals surface area contributed by atoms with Gasteiger partial charge >= 0.3 is 6.09 Å². The third kappa shape index (κ3) is 14.2. The van der Waals surface area contributed by atoms with Gasteiger partial charge < -0.3 is 43.2 Å². The standard InChI is InChI=1S/C51H67Cl2N5O9/c1-9-62-25-26-63-27-28-64-33-45-54-31-42(56(45)8)37-16-21-41(22-17-37)66-44-29-40(53)20-15-38(44)14-11-35(2)47(60)58-43(32-65-50(58,6)7)46(59)55-51(30-36-12-18-39(52)19-13-36)23-10-24-57(34-51)48(61)67-49(3,4)5/h12-13,15-22,29,31,35,43H,9-11,14,23-28,30,32-34H2,1-8H3,(H,55,59)/t35-,43+,51-/m1/s1. The Labute approximate surface area is 405 Å². The van der Waals surface area contributed by atoms with E-state index >= 15 is 0 Å². The monoisotopic (exact) mass is 963 g/mol. The van der Waals surface area contributed by atoms with E-state index in [2.05, 4.69) is 10.3 Å². The molecule has 3 atom stereocenters. The van der Waals surface area contributed by atoms with Crippen molar-refractivity contribution in [1.82, 2.24) is 24.7 Å². The number of ether oxygens (including phenoxy) is 6. The zero-order valence-corrected chi connectivity index (χ0v) is 41.7. The highest BCUT2D eigenvalue weighted by Gasteiger charge is 2.50. The maximum absolute atomic E-state index is 14.5. The van der Waals surface area contributed by atoms with Gasteiger partial charge in [0, 0.05) is 48.3 Å². The second-order valence-electron chi connectivity index (χ2n) is 18.9. The quantitative estimate of drug-likeness (QED) is 0.0852. The first kappa shape index (κ1) is 51.7. The highest BCUT2D eigenvalue weighted by molar-refractivity contribution is 6.31. The van der Waals surface area contributed by atoms with E-state index in [9.17, 15) is 14.4 Å². The van der Waals surface area contributed by atoms with Gasteiger partial charge in [0.2, 0.25) is 11.8 Å². The summed E-state index contributed by atoms with van der Waals surface area (Å²) in [5.41, 5.74) is 1.17. The molecule has 1 aromatic heterocycles. The Kier molecular flexibility index (Phi) is 17.8. The van der Waals surface area contributed by atoms with Crippen molar-refractivity contribution in [3.8, 4) is 22.8 Å². The molecule has 3 amide bonds. The van der Waals surface area contributed by atoms with E-state index in [1.807, 2.05) is 127 Å². The lowest BCUT2D eigenvalue weighted by Crippen LogP contribution is -2.64. The maximum Gasteiger partial charge on any atom is 0.410 e. The first-order chi connectivity index (χ1) is 31.9. The number of amides is 3. The second kappa shape index (κ2) is 23.1. The Morgan fingerprint density at radius 2 is 1.63 bits per heavy atom. The van der Waals surface area contributed by atoms with Gasteiger partial charge in [-0.2, -0.15) is 0 Å². The van der Waals surface area contributed by atoms with Gasteiger partial charge in [0.05, 0.1) is 50.5 Å². The van der Waals surface area contributed by atoms with Crippen LogP contribution in [0.3, 0.4) is 0 Å². The normalized spacial score (nSPS) is 18.7. The SMILES string of the molecule is CCOCCOCCOCc1ncc(-c2ccc(Oc3cc(Cl)ccc3CC[C@@H](C)C(=O)N3[C@H](C(=O)N[C@@]4(Cc5ccc(Cl)cc5)CCCN(C(=O)OC(C)(C)C)C4)COC3(C)C)cc2)n1C. The van der Waals surface area contributed by atoms with E-state index in [-0.39, 0.29) is 25.0 Å². The Bertz CT molecular complexity index is 2280. The third-order valence-corrected chi connectivity index (χ3v) is 12.5. The molecule has 4 aromatic rings. The van der Waals surface area contributed by atoms with Gasteiger partial charge in [-0.3, -0.25) is 14.5 Å². The topological polar surface area (TPSA) is 143 Å². The number of carbonyl (C=O) groups is 3. The summed E-state index contributed by atoms with van der Waals surface area (Å²) in [4.78, 5) is 50.2. The summed E-state index contributed by atoms with van der Waals surface area (Å²) in [5, 5.41) is 4.46. The van der Waals surface area contributed by atoms with Crippen LogP contribution in [0.15, 0.2) is 72.9 Å². The number of hydrogen-bond acceptors (Lipinski definition) is 10. The van der Waals surface area contributed by atoms with Crippen molar-refractivity contribution in [3.05, 3.63) is 99.9 Å². The molecule has 364 valence electrons. The van der Waals surface area contributed by atoms with Crippen LogP contribution >= 0.6 is 23.2 Å². The molecule has 16 heteroatoms. The summed E-state index contributed by atoms with van der Waals surface area (Å²) >= 11 is 12.7. The molecule has 0 aliphatic carbocycles. The van der Waals surface area contributed by atoms with Gasteiger partial charge in [-0.15, -0.1) is 0 Å². The molecule has 67 heavy (non-hydrogen) atoms. The predicted octanol–water partition coefficient (Wildman–Crippen LogP) is 9.42. The molecular formula is C51H67Cl2N5O9. The summed E-state index contributed by atoms with van der Waals surface area (Å²) < 4.78 is 36.9. The molecule has 2 fully saturated rings. The van der Waals surface area contributed by atoms with Gasteiger partial charge in [-0.25, -0.2) is 9.78 Å². The van der Waals surface area contributed by atoms with Crippen LogP contribution in [0.5, 0.6) is 11.5 Å². The molecule has 0 unspecified atom stereocenters. The van der Waals surface area contributed by atoms with Crippen LogP contribution < -0.4 is 10.1 Å². The zero-order chi connectivity index (χ0) is 48.4. The van der Waals surface area contributed by atoms with Crippen LogP contribution in [0.25, 0.3) is 11.3 Å². The molecule has 2 aliphatic rings. The maximum atomic E-state index is 14.5. The van der Waals surface area contributed by atoms with Gasteiger partial charge in [-0.1, -0.05) is 48.3 Å². The number of rotatable bonds is 20. The van der Waals surface area contributed by atoms with Crippen molar-refractivity contribution < 1.29 is 42.8 Å². The predicted molar refractivity (Wildman–Crippen MR) is 258 cm³/mol. The summed E-state index contributed by atoms with van der Waals surface area (Å²) in [7, 11) is 1.96. The Morgan fingerprint density at radius 3 is 2.33 bits per heavy atom. The van der Waals surface area contributed by atoms with Gasteiger partial charge in [-0.05, 0) is 133 Å². The number of imidazole rings is 1. The molecular weight excluding hydrogens is 897 g/mol. The number of halogens is 2. The fourth-order valence-corrected chi connectivity index (χ4v) is 8.82. The van der Waals surface area contributed by atoms with Crippen LogP contribution in [0.1, 0.15) is 84.7 Å². The van der Waals surface area contributed by atoms with Gasteiger partial charge in [0.1, 0.15) is 41.3 Å². The van der Waals surface area contributed by atoms with Crippen molar-refractivity contribution in [2.45, 2.75) is 110 Å². The van der Waals surface area contributed by atoms with Gasteiger partial charge in [0.25, 0.3) is 0 Å². The zero-order valence-electron chi connectivity index (χ0n) is 40.2. The van der Waals surface area contributed by atoms with Crippen LogP contribution in [0.4, 0.5) is 4.79 Å². The molecule has 6 rings (SSSR count). The number of piperidine rings is 1. The Balaban J connectivity index is 1.09. The van der Waals surface area contributed by atoms with Crippen LogP contribution in [-0.2, 0) is 59.8 Å².